The first kappa shape index (κ1) is 21.2. The first-order valence-electron chi connectivity index (χ1n) is 11.6. The largest absolute Gasteiger partial charge is 0.356 e. The molecule has 0 N–H and O–H groups in total. The predicted molar refractivity (Wildman–Crippen MR) is 121 cm³/mol. The normalized spacial score (nSPS) is 23.8. The molecule has 0 unspecified atom stereocenters. The maximum atomic E-state index is 13.6. The third kappa shape index (κ3) is 3.46. The number of halogens is 2. The molecule has 34 heavy (non-hydrogen) atoms. The van der Waals surface area contributed by atoms with Crippen LogP contribution < -0.4 is 4.90 Å². The lowest BCUT2D eigenvalue weighted by Gasteiger charge is -2.38. The number of carbonyl (C=O) groups excluding carboxylic acids is 1. The number of piperidine rings is 1. The molecule has 1 aromatic carbocycles. The van der Waals surface area contributed by atoms with Crippen molar-refractivity contribution < 1.29 is 18.3 Å². The van der Waals surface area contributed by atoms with Gasteiger partial charge in [-0.25, -0.2) is 9.97 Å². The lowest BCUT2D eigenvalue weighted by molar-refractivity contribution is -0.140. The maximum Gasteiger partial charge on any atom is 0.318 e. The Kier molecular flexibility index (Phi) is 5.09. The standard InChI is InChI=1S/C25H25F2N5O2/c26-24(27)31-11-8-18(15-31)19-14-21(29-16-28-19)30-12-9-25(10-13-30)23(33)32-20(6-7-22(32)34-25)17-4-2-1-3-5-17/h1-5,8,11,14-16,20,22,24H,6-7,9-10,12-13H2/t20-,22+/m0/s1. The molecule has 7 nitrogen and oxygen atoms in total. The second-order valence-electron chi connectivity index (χ2n) is 9.16. The molecule has 9 heteroatoms. The first-order chi connectivity index (χ1) is 16.5. The summed E-state index contributed by atoms with van der Waals surface area (Å²) in [6.45, 7) is -1.35. The van der Waals surface area contributed by atoms with E-state index < -0.39 is 12.2 Å². The van der Waals surface area contributed by atoms with Crippen molar-refractivity contribution in [3.63, 3.8) is 0 Å². The highest BCUT2D eigenvalue weighted by Gasteiger charge is 2.57. The third-order valence-electron chi connectivity index (χ3n) is 7.29. The molecule has 3 aliphatic rings. The Hall–Kier alpha value is -3.33. The number of fused-ring (bicyclic) bond motifs is 1. The number of hydrogen-bond acceptors (Lipinski definition) is 5. The summed E-state index contributed by atoms with van der Waals surface area (Å²) in [7, 11) is 0. The van der Waals surface area contributed by atoms with Gasteiger partial charge >= 0.3 is 6.55 Å². The van der Waals surface area contributed by atoms with Gasteiger partial charge in [-0.3, -0.25) is 9.36 Å². The Balaban J connectivity index is 1.17. The van der Waals surface area contributed by atoms with E-state index in [-0.39, 0.29) is 18.2 Å². The van der Waals surface area contributed by atoms with Crippen LogP contribution in [0.5, 0.6) is 0 Å². The minimum Gasteiger partial charge on any atom is -0.356 e. The molecule has 6 rings (SSSR count). The van der Waals surface area contributed by atoms with Gasteiger partial charge in [0.2, 0.25) is 0 Å². The summed E-state index contributed by atoms with van der Waals surface area (Å²) >= 11 is 0. The molecule has 2 aromatic heterocycles. The van der Waals surface area contributed by atoms with Gasteiger partial charge in [-0.05, 0) is 24.5 Å². The zero-order valence-electron chi connectivity index (χ0n) is 18.6. The Morgan fingerprint density at radius 2 is 1.85 bits per heavy atom. The monoisotopic (exact) mass is 465 g/mol. The van der Waals surface area contributed by atoms with Crippen molar-refractivity contribution in [2.45, 2.75) is 50.1 Å². The molecule has 3 aromatic rings. The Labute approximate surface area is 196 Å². The van der Waals surface area contributed by atoms with Crippen LogP contribution in [0, 0.1) is 0 Å². The molecular weight excluding hydrogens is 440 g/mol. The molecule has 0 aliphatic carbocycles. The van der Waals surface area contributed by atoms with Gasteiger partial charge < -0.3 is 14.5 Å². The lowest BCUT2D eigenvalue weighted by atomic mass is 9.89. The van der Waals surface area contributed by atoms with E-state index in [0.29, 0.717) is 37.2 Å². The molecule has 1 spiro atoms. The fourth-order valence-corrected chi connectivity index (χ4v) is 5.51. The number of nitrogens with zero attached hydrogens (tertiary/aromatic N) is 5. The predicted octanol–water partition coefficient (Wildman–Crippen LogP) is 4.40. The topological polar surface area (TPSA) is 63.5 Å². The number of anilines is 1. The Morgan fingerprint density at radius 1 is 1.06 bits per heavy atom. The summed E-state index contributed by atoms with van der Waals surface area (Å²) < 4.78 is 33.1. The van der Waals surface area contributed by atoms with E-state index in [9.17, 15) is 13.6 Å². The Bertz CT molecular complexity index is 1190. The maximum absolute atomic E-state index is 13.6. The van der Waals surface area contributed by atoms with Crippen molar-refractivity contribution in [2.75, 3.05) is 18.0 Å². The molecule has 0 radical (unpaired) electrons. The van der Waals surface area contributed by atoms with Crippen molar-refractivity contribution in [2.24, 2.45) is 0 Å². The summed E-state index contributed by atoms with van der Waals surface area (Å²) in [5, 5.41) is 0. The number of carbonyl (C=O) groups is 1. The molecule has 0 bridgehead atoms. The third-order valence-corrected chi connectivity index (χ3v) is 7.29. The van der Waals surface area contributed by atoms with Crippen LogP contribution in [0.2, 0.25) is 0 Å². The van der Waals surface area contributed by atoms with Crippen molar-refractivity contribution in [3.05, 3.63) is 66.7 Å². The van der Waals surface area contributed by atoms with Gasteiger partial charge in [0, 0.05) is 50.0 Å². The van der Waals surface area contributed by atoms with E-state index in [1.807, 2.05) is 29.2 Å². The fourth-order valence-electron chi connectivity index (χ4n) is 5.51. The Morgan fingerprint density at radius 3 is 2.59 bits per heavy atom. The molecule has 2 atom stereocenters. The summed E-state index contributed by atoms with van der Waals surface area (Å²) in [4.78, 5) is 26.3. The van der Waals surface area contributed by atoms with Crippen molar-refractivity contribution >= 4 is 11.7 Å². The summed E-state index contributed by atoms with van der Waals surface area (Å²) in [6, 6.07) is 13.7. The molecule has 3 saturated heterocycles. The first-order valence-corrected chi connectivity index (χ1v) is 11.6. The van der Waals surface area contributed by atoms with Crippen LogP contribution in [-0.4, -0.2) is 50.3 Å². The zero-order valence-corrected chi connectivity index (χ0v) is 18.6. The summed E-state index contributed by atoms with van der Waals surface area (Å²) in [5.74, 6) is 0.818. The number of ether oxygens (including phenoxy) is 1. The SMILES string of the molecule is O=C1N2[C@@H](CC[C@H]2c2ccccc2)OC12CCN(c1cc(-c3ccn(C(F)F)c3)ncn1)CC2. The van der Waals surface area contributed by atoms with Crippen LogP contribution in [0.3, 0.4) is 0 Å². The van der Waals surface area contributed by atoms with Gasteiger partial charge in [-0.2, -0.15) is 8.78 Å². The minimum atomic E-state index is -2.59. The van der Waals surface area contributed by atoms with Crippen LogP contribution in [0.25, 0.3) is 11.3 Å². The van der Waals surface area contributed by atoms with Gasteiger partial charge in [-0.15, -0.1) is 0 Å². The van der Waals surface area contributed by atoms with Crippen molar-refractivity contribution in [1.82, 2.24) is 19.4 Å². The van der Waals surface area contributed by atoms with Crippen molar-refractivity contribution in [1.29, 1.82) is 0 Å². The van der Waals surface area contributed by atoms with Gasteiger partial charge in [0.1, 0.15) is 18.4 Å². The average Bonchev–Trinajstić information content (AvgIpc) is 3.58. The summed E-state index contributed by atoms with van der Waals surface area (Å²) in [5.41, 5.74) is 1.58. The second-order valence-corrected chi connectivity index (χ2v) is 9.16. The number of rotatable bonds is 4. The van der Waals surface area contributed by atoms with Gasteiger partial charge in [0.25, 0.3) is 5.91 Å². The molecular formula is C25H25F2N5O2. The number of aromatic nitrogens is 3. The second kappa shape index (κ2) is 8.16. The van der Waals surface area contributed by atoms with Gasteiger partial charge in [0.15, 0.2) is 5.60 Å². The quantitative estimate of drug-likeness (QED) is 0.572. The zero-order chi connectivity index (χ0) is 23.3. The smallest absolute Gasteiger partial charge is 0.318 e. The van der Waals surface area contributed by atoms with Crippen LogP contribution in [-0.2, 0) is 9.53 Å². The van der Waals surface area contributed by atoms with Gasteiger partial charge in [0.05, 0.1) is 11.7 Å². The van der Waals surface area contributed by atoms with Crippen LogP contribution in [0.4, 0.5) is 14.6 Å². The lowest BCUT2D eigenvalue weighted by Crippen LogP contribution is -2.50. The summed E-state index contributed by atoms with van der Waals surface area (Å²) in [6.07, 6.45) is 6.95. The average molecular weight is 466 g/mol. The highest BCUT2D eigenvalue weighted by atomic mass is 19.3. The molecule has 3 fully saturated rings. The molecule has 5 heterocycles. The molecule has 0 saturated carbocycles. The molecule has 1 amide bonds. The number of benzene rings is 1. The minimum absolute atomic E-state index is 0.0704. The van der Waals surface area contributed by atoms with Crippen LogP contribution in [0.1, 0.15) is 43.8 Å². The van der Waals surface area contributed by atoms with E-state index in [4.69, 9.17) is 4.74 Å². The number of amides is 1. The van der Waals surface area contributed by atoms with Crippen LogP contribution in [0.15, 0.2) is 61.2 Å². The van der Waals surface area contributed by atoms with E-state index in [0.717, 1.165) is 28.8 Å². The number of hydrogen-bond donors (Lipinski definition) is 0. The van der Waals surface area contributed by atoms with E-state index in [2.05, 4.69) is 27.0 Å². The van der Waals surface area contributed by atoms with Crippen LogP contribution >= 0.6 is 0 Å². The number of alkyl halides is 2. The van der Waals surface area contributed by atoms with E-state index in [1.165, 1.54) is 18.7 Å². The van der Waals surface area contributed by atoms with Gasteiger partial charge in [-0.1, -0.05) is 30.3 Å². The highest BCUT2D eigenvalue weighted by Crippen LogP contribution is 2.47. The molecule has 176 valence electrons. The molecule has 3 aliphatic heterocycles. The van der Waals surface area contributed by atoms with Crippen molar-refractivity contribution in [3.8, 4) is 11.3 Å². The van der Waals surface area contributed by atoms with E-state index in [1.54, 1.807) is 6.07 Å². The highest BCUT2D eigenvalue weighted by molar-refractivity contribution is 5.88. The van der Waals surface area contributed by atoms with E-state index >= 15 is 0 Å². The fraction of sp³-hybridized carbons (Fsp3) is 0.400.